The van der Waals surface area contributed by atoms with Crippen molar-refractivity contribution in [3.63, 3.8) is 0 Å². The van der Waals surface area contributed by atoms with Gasteiger partial charge in [0.2, 0.25) is 0 Å². The molecule has 0 atom stereocenters. The molecule has 1 nitrogen and oxygen atoms in total. The highest BCUT2D eigenvalue weighted by Gasteiger charge is 2.07. The molecule has 4 heteroatoms. The Hall–Kier alpha value is -1.28. The molecule has 0 radical (unpaired) electrons. The van der Waals surface area contributed by atoms with Crippen LogP contribution in [0, 0.1) is 0 Å². The fraction of sp³-hybridized carbons (Fsp3) is 0. The molecule has 0 aliphatic rings. The number of pyridine rings is 1. The maximum Gasteiger partial charge on any atom is 0.0725 e. The SMILES string of the molecule is Clc1ccc(-c2cc(Cl)c3ccccc3n2)cc1Cl. The number of benzene rings is 2. The van der Waals surface area contributed by atoms with E-state index < -0.39 is 0 Å². The molecule has 0 amide bonds. The van der Waals surface area contributed by atoms with Crippen molar-refractivity contribution >= 4 is 45.7 Å². The van der Waals surface area contributed by atoms with Crippen LogP contribution >= 0.6 is 34.8 Å². The van der Waals surface area contributed by atoms with E-state index in [0.29, 0.717) is 15.1 Å². The molecule has 94 valence electrons. The normalized spacial score (nSPS) is 10.9. The van der Waals surface area contributed by atoms with E-state index in [1.807, 2.05) is 36.4 Å². The van der Waals surface area contributed by atoms with Crippen molar-refractivity contribution in [2.24, 2.45) is 0 Å². The molecule has 2 aromatic carbocycles. The van der Waals surface area contributed by atoms with Gasteiger partial charge in [-0.15, -0.1) is 0 Å². The quantitative estimate of drug-likeness (QED) is 0.548. The van der Waals surface area contributed by atoms with Gasteiger partial charge in [0.1, 0.15) is 0 Å². The van der Waals surface area contributed by atoms with Gasteiger partial charge in [-0.3, -0.25) is 0 Å². The Balaban J connectivity index is 2.22. The topological polar surface area (TPSA) is 12.9 Å². The molecule has 0 fully saturated rings. The monoisotopic (exact) mass is 307 g/mol. The van der Waals surface area contributed by atoms with Crippen LogP contribution in [0.25, 0.3) is 22.2 Å². The number of halogens is 3. The molecule has 0 saturated heterocycles. The van der Waals surface area contributed by atoms with Gasteiger partial charge in [0.15, 0.2) is 0 Å². The molecule has 0 bridgehead atoms. The Morgan fingerprint density at radius 2 is 1.53 bits per heavy atom. The van der Waals surface area contributed by atoms with Crippen LogP contribution in [0.4, 0.5) is 0 Å². The molecule has 3 aromatic rings. The third-order valence-electron chi connectivity index (χ3n) is 2.88. The number of hydrogen-bond acceptors (Lipinski definition) is 1. The Labute approximate surface area is 125 Å². The fourth-order valence-electron chi connectivity index (χ4n) is 1.94. The highest BCUT2D eigenvalue weighted by Crippen LogP contribution is 2.31. The van der Waals surface area contributed by atoms with Gasteiger partial charge in [0, 0.05) is 10.9 Å². The van der Waals surface area contributed by atoms with Crippen molar-refractivity contribution in [3.05, 3.63) is 63.6 Å². The number of nitrogens with zero attached hydrogens (tertiary/aromatic N) is 1. The Kier molecular flexibility index (Phi) is 3.36. The van der Waals surface area contributed by atoms with Gasteiger partial charge in [-0.05, 0) is 24.3 Å². The molecule has 0 spiro atoms. The van der Waals surface area contributed by atoms with Gasteiger partial charge in [0.25, 0.3) is 0 Å². The van der Waals surface area contributed by atoms with E-state index in [4.69, 9.17) is 34.8 Å². The summed E-state index contributed by atoms with van der Waals surface area (Å²) in [5, 5.41) is 2.64. The Morgan fingerprint density at radius 3 is 2.32 bits per heavy atom. The van der Waals surface area contributed by atoms with Crippen LogP contribution in [-0.2, 0) is 0 Å². The van der Waals surface area contributed by atoms with Crippen molar-refractivity contribution in [1.82, 2.24) is 4.98 Å². The Bertz CT molecular complexity index is 768. The highest BCUT2D eigenvalue weighted by atomic mass is 35.5. The summed E-state index contributed by atoms with van der Waals surface area (Å²) in [5.41, 5.74) is 2.53. The number of rotatable bonds is 1. The van der Waals surface area contributed by atoms with E-state index in [9.17, 15) is 0 Å². The summed E-state index contributed by atoms with van der Waals surface area (Å²) in [6.45, 7) is 0. The summed E-state index contributed by atoms with van der Waals surface area (Å²) in [6, 6.07) is 15.0. The lowest BCUT2D eigenvalue weighted by atomic mass is 10.1. The smallest absolute Gasteiger partial charge is 0.0725 e. The predicted octanol–water partition coefficient (Wildman–Crippen LogP) is 5.86. The van der Waals surface area contributed by atoms with Gasteiger partial charge in [-0.25, -0.2) is 4.98 Å². The van der Waals surface area contributed by atoms with Gasteiger partial charge >= 0.3 is 0 Å². The van der Waals surface area contributed by atoms with Gasteiger partial charge < -0.3 is 0 Å². The molecular formula is C15H8Cl3N. The highest BCUT2D eigenvalue weighted by molar-refractivity contribution is 6.42. The number of fused-ring (bicyclic) bond motifs is 1. The summed E-state index contributed by atoms with van der Waals surface area (Å²) in [4.78, 5) is 4.59. The van der Waals surface area contributed by atoms with Crippen LogP contribution in [0.2, 0.25) is 15.1 Å². The molecule has 19 heavy (non-hydrogen) atoms. The van der Waals surface area contributed by atoms with Crippen LogP contribution in [0.3, 0.4) is 0 Å². The number of hydrogen-bond donors (Lipinski definition) is 0. The minimum Gasteiger partial charge on any atom is -0.248 e. The van der Waals surface area contributed by atoms with Crippen molar-refractivity contribution in [1.29, 1.82) is 0 Å². The molecule has 3 rings (SSSR count). The standard InChI is InChI=1S/C15H8Cl3N/c16-11-6-5-9(7-13(11)18)15-8-12(17)10-3-1-2-4-14(10)19-15/h1-8H. The van der Waals surface area contributed by atoms with Gasteiger partial charge in [-0.1, -0.05) is 59.1 Å². The second-order valence-electron chi connectivity index (χ2n) is 4.14. The molecule has 0 saturated carbocycles. The number of para-hydroxylation sites is 1. The van der Waals surface area contributed by atoms with E-state index in [0.717, 1.165) is 22.2 Å². The molecule has 0 unspecified atom stereocenters. The zero-order valence-corrected chi connectivity index (χ0v) is 12.0. The maximum absolute atomic E-state index is 6.28. The van der Waals surface area contributed by atoms with E-state index in [-0.39, 0.29) is 0 Å². The van der Waals surface area contributed by atoms with Gasteiger partial charge in [-0.2, -0.15) is 0 Å². The van der Waals surface area contributed by atoms with Gasteiger partial charge in [0.05, 0.1) is 26.3 Å². The first-order chi connectivity index (χ1) is 9.15. The van der Waals surface area contributed by atoms with Crippen molar-refractivity contribution in [3.8, 4) is 11.3 Å². The summed E-state index contributed by atoms with van der Waals surface area (Å²) < 4.78 is 0. The average Bonchev–Trinajstić information content (AvgIpc) is 2.42. The first-order valence-electron chi connectivity index (χ1n) is 5.66. The zero-order valence-electron chi connectivity index (χ0n) is 9.70. The predicted molar refractivity (Wildman–Crippen MR) is 82.2 cm³/mol. The van der Waals surface area contributed by atoms with Crippen molar-refractivity contribution in [2.75, 3.05) is 0 Å². The van der Waals surface area contributed by atoms with Crippen molar-refractivity contribution in [2.45, 2.75) is 0 Å². The van der Waals surface area contributed by atoms with Crippen LogP contribution in [0.1, 0.15) is 0 Å². The summed E-state index contributed by atoms with van der Waals surface area (Å²) in [6.07, 6.45) is 0. The van der Waals surface area contributed by atoms with Crippen LogP contribution in [0.5, 0.6) is 0 Å². The lowest BCUT2D eigenvalue weighted by Gasteiger charge is -2.06. The second-order valence-corrected chi connectivity index (χ2v) is 5.36. The third-order valence-corrected chi connectivity index (χ3v) is 3.93. The fourth-order valence-corrected chi connectivity index (χ4v) is 2.50. The van der Waals surface area contributed by atoms with E-state index in [1.54, 1.807) is 12.1 Å². The second kappa shape index (κ2) is 5.01. The Morgan fingerprint density at radius 1 is 0.737 bits per heavy atom. The minimum absolute atomic E-state index is 0.505. The summed E-state index contributed by atoms with van der Waals surface area (Å²) in [7, 11) is 0. The third kappa shape index (κ3) is 2.42. The van der Waals surface area contributed by atoms with E-state index >= 15 is 0 Å². The number of aromatic nitrogens is 1. The van der Waals surface area contributed by atoms with Crippen LogP contribution < -0.4 is 0 Å². The molecule has 0 aliphatic heterocycles. The molecule has 0 N–H and O–H groups in total. The first-order valence-corrected chi connectivity index (χ1v) is 6.79. The molecule has 1 aromatic heterocycles. The molecule has 0 aliphatic carbocycles. The summed E-state index contributed by atoms with van der Waals surface area (Å²) >= 11 is 18.2. The largest absolute Gasteiger partial charge is 0.248 e. The summed E-state index contributed by atoms with van der Waals surface area (Å²) in [5.74, 6) is 0. The van der Waals surface area contributed by atoms with Crippen molar-refractivity contribution < 1.29 is 0 Å². The zero-order chi connectivity index (χ0) is 13.4. The first kappa shape index (κ1) is 12.7. The minimum atomic E-state index is 0.505. The van der Waals surface area contributed by atoms with E-state index in [1.165, 1.54) is 0 Å². The maximum atomic E-state index is 6.28. The van der Waals surface area contributed by atoms with Crippen LogP contribution in [-0.4, -0.2) is 4.98 Å². The lowest BCUT2D eigenvalue weighted by Crippen LogP contribution is -1.86. The molecule has 1 heterocycles. The van der Waals surface area contributed by atoms with Crippen LogP contribution in [0.15, 0.2) is 48.5 Å². The average molecular weight is 309 g/mol. The lowest BCUT2D eigenvalue weighted by molar-refractivity contribution is 1.40. The van der Waals surface area contributed by atoms with E-state index in [2.05, 4.69) is 4.98 Å². The molecular weight excluding hydrogens is 301 g/mol.